The number of imidazole rings is 2. The molecule has 6 unspecified atom stereocenters. The van der Waals surface area contributed by atoms with E-state index in [1.807, 2.05) is 15.3 Å². The average molecular weight is 2050 g/mol. The summed E-state index contributed by atoms with van der Waals surface area (Å²) in [5.74, 6) is -3.64. The largest absolute Gasteiger partial charge is 0.480 e. The van der Waals surface area contributed by atoms with Crippen LogP contribution in [0.2, 0.25) is 0 Å². The molecular weight excluding hydrogens is 1970 g/mol. The number of anilines is 4. The lowest BCUT2D eigenvalue weighted by molar-refractivity contribution is -0.138. The fraction of sp³-hybridized carbons (Fsp3) is 0.562. The Morgan fingerprint density at radius 1 is 0.471 bits per heavy atom. The number of carbonyl (C=O) groups excluding carboxylic acids is 1. The number of nitrogens with one attached hydrogen (secondary N) is 3. The molecule has 136 heavy (non-hydrogen) atoms. The van der Waals surface area contributed by atoms with E-state index in [0.29, 0.717) is 4.57 Å². The first-order chi connectivity index (χ1) is 63.8. The lowest BCUT2D eigenvalue weighted by atomic mass is 10.1. The van der Waals surface area contributed by atoms with Crippen LogP contribution < -0.4 is 67.9 Å². The number of aliphatic carboxylic acids is 1. The van der Waals surface area contributed by atoms with Gasteiger partial charge in [0.2, 0.25) is 5.91 Å². The van der Waals surface area contributed by atoms with Crippen LogP contribution in [-0.2, 0) is 120 Å². The summed E-state index contributed by atoms with van der Waals surface area (Å²) in [6.07, 6.45) is -39.1. The number of carboxylic acids is 1. The number of rotatable bonds is 40. The number of carbonyl (C=O) groups is 2. The Kier molecular flexibility index (Phi) is 30.7. The first-order valence-corrected chi connectivity index (χ1v) is 48.5. The first-order valence-electron chi connectivity index (χ1n) is 39.5. The summed E-state index contributed by atoms with van der Waals surface area (Å²) < 4.78 is 189. The zero-order chi connectivity index (χ0) is 98.7. The van der Waals surface area contributed by atoms with E-state index in [-0.39, 0.29) is 50.9 Å². The summed E-state index contributed by atoms with van der Waals surface area (Å²) in [5.41, 5.74) is 22.1. The quantitative estimate of drug-likeness (QED) is 0.0159. The number of phosphoric acid groups is 6. The van der Waals surface area contributed by atoms with Crippen LogP contribution in [0.5, 0.6) is 0 Å². The number of nitrogens with two attached hydrogens (primary N) is 5. The van der Waals surface area contributed by atoms with Crippen LogP contribution >= 0.6 is 46.9 Å². The smallest absolute Gasteiger partial charge is 0.472 e. The third-order valence-electron chi connectivity index (χ3n) is 21.3. The Hall–Kier alpha value is -9.46. The van der Waals surface area contributed by atoms with Crippen LogP contribution in [0.15, 0.2) is 91.0 Å². The summed E-state index contributed by atoms with van der Waals surface area (Å²) in [6, 6.07) is 0.382. The maximum absolute atomic E-state index is 14.5. The first kappa shape index (κ1) is 102. The van der Waals surface area contributed by atoms with E-state index in [2.05, 4.69) is 39.9 Å². The highest BCUT2D eigenvalue weighted by molar-refractivity contribution is 7.48. The van der Waals surface area contributed by atoms with Crippen molar-refractivity contribution >= 4 is 104 Å². The van der Waals surface area contributed by atoms with Crippen LogP contribution in [0.3, 0.4) is 0 Å². The maximum atomic E-state index is 14.5. The van der Waals surface area contributed by atoms with Gasteiger partial charge in [-0.3, -0.25) is 111 Å². The van der Waals surface area contributed by atoms with E-state index in [0.717, 1.165) is 92.0 Å². The van der Waals surface area contributed by atoms with Gasteiger partial charge in [0.15, 0.2) is 47.8 Å². The molecule has 72 heteroatoms. The molecule has 8 aromatic rings. The van der Waals surface area contributed by atoms with Gasteiger partial charge >= 0.3 is 75.7 Å². The third-order valence-corrected chi connectivity index (χ3v) is 27.4. The summed E-state index contributed by atoms with van der Waals surface area (Å²) in [7, 11) is -34.6. The molecule has 1 amide bonds. The van der Waals surface area contributed by atoms with Gasteiger partial charge in [-0.2, -0.15) is 9.97 Å². The van der Waals surface area contributed by atoms with Gasteiger partial charge in [0, 0.05) is 48.8 Å². The number of aryl methyl sites for hydroxylation is 2. The van der Waals surface area contributed by atoms with E-state index >= 15 is 0 Å². The summed E-state index contributed by atoms with van der Waals surface area (Å²) in [4.78, 5) is 205. The van der Waals surface area contributed by atoms with Crippen LogP contribution in [0.4, 0.5) is 23.3 Å². The molecule has 6 saturated heterocycles. The van der Waals surface area contributed by atoms with Crippen molar-refractivity contribution in [2.75, 3.05) is 69.1 Å². The van der Waals surface area contributed by atoms with Gasteiger partial charge in [-0.05, 0) is 32.9 Å². The molecule has 6 aliphatic heterocycles. The van der Waals surface area contributed by atoms with Crippen molar-refractivity contribution < 1.29 is 180 Å². The number of fused-ring (bicyclic) bond motifs is 2. The molecule has 14 rings (SSSR count). The van der Waals surface area contributed by atoms with E-state index < -0.39 is 305 Å². The molecule has 8 aromatic heterocycles. The summed E-state index contributed by atoms with van der Waals surface area (Å²) in [5, 5.41) is 68.6. The van der Waals surface area contributed by atoms with Crippen LogP contribution in [0.1, 0.15) is 68.3 Å². The average Bonchev–Trinajstić information content (AvgIpc) is 1.68. The molecule has 0 aliphatic carbocycles. The minimum absolute atomic E-state index is 0.0626. The van der Waals surface area contributed by atoms with Crippen molar-refractivity contribution in [3.05, 3.63) is 136 Å². The van der Waals surface area contributed by atoms with Gasteiger partial charge in [-0.15, -0.1) is 0 Å². The monoisotopic (exact) mass is 2050 g/mol. The number of aliphatic hydroxyl groups is 5. The van der Waals surface area contributed by atoms with Crippen LogP contribution in [0, 0.1) is 13.8 Å². The number of aromatic nitrogens is 16. The van der Waals surface area contributed by atoms with E-state index in [1.54, 1.807) is 0 Å². The van der Waals surface area contributed by atoms with Crippen molar-refractivity contribution in [1.82, 2.24) is 82.6 Å². The zero-order valence-electron chi connectivity index (χ0n) is 69.8. The fourth-order valence-corrected chi connectivity index (χ4v) is 20.5. The van der Waals surface area contributed by atoms with Crippen molar-refractivity contribution in [2.24, 2.45) is 5.73 Å². The Balaban J connectivity index is 0.678. The highest BCUT2D eigenvalue weighted by Gasteiger charge is 2.57. The molecule has 0 bridgehead atoms. The lowest BCUT2D eigenvalue weighted by Gasteiger charge is -2.27. The van der Waals surface area contributed by atoms with Crippen molar-refractivity contribution in [2.45, 2.75) is 181 Å². The highest BCUT2D eigenvalue weighted by atomic mass is 31.2. The Morgan fingerprint density at radius 3 is 1.20 bits per heavy atom. The molecule has 6 fully saturated rings. The molecule has 14 heterocycles. The standard InChI is InChI=1S/C64H86N22O44P6/c1-23-11-83(63(99)79-54(23)94)36-8-26(28(119-36)13-113-131(101,102)125-25(3)39(67)56(96)70-10-38(87)88)126-132(103,104)117-17-33-49(46(93)60(124-33)86-22-76-41-51(69)72-20-74-53(41)86)130-136(111,112)118-18-31-47(44(91)58(122-31)82-7-5-35(66)78-62(82)98)128-134(107,108)114-14-29-27(9-37(120-29)84-12-24(2)55(95)80-64(84)100)127-133(105,106)116-16-32-48(45(92)59(123-32)85-21-75-40-50(68)71-19-73-52(40)85)129-135(109,110)115-15-30-42(89)43(90)57(121-30)81-6-4-34(65)77-61(81)97/h4-7,11-12,19-22,25-33,36-37,39,42-49,57-60,89-93H,8-10,13-18,67H2,1-3H3,(H,70,96)(H,87,88)(H,101,102)(H,103,104)(H,105,106)(H,107,108)(H,109,110)(H,111,112)(H2,65,77,97)(H2,66,78,98)(H2,68,71,73)(H2,69,72,74)(H,79,94,99)(H,80,95,100)/t25-,26+,27+,28-,29-,30-,31-,32-,33-,36-,37-,39+,42-,43-,44-,45-,46-,47-,48-,49-,57-,58-,59-,60-/m1/s1. The minimum Gasteiger partial charge on any atom is -0.480 e. The predicted octanol–water partition coefficient (Wildman–Crippen LogP) is -7.24. The van der Waals surface area contributed by atoms with Gasteiger partial charge in [0.1, 0.15) is 158 Å². The molecule has 0 radical (unpaired) electrons. The molecule has 0 spiro atoms. The summed E-state index contributed by atoms with van der Waals surface area (Å²) >= 11 is 0. The zero-order valence-corrected chi connectivity index (χ0v) is 75.1. The number of hydrogen-bond donors (Lipinski definition) is 20. The lowest BCUT2D eigenvalue weighted by Crippen LogP contribution is -2.49. The normalized spacial score (nSPS) is 30.6. The fourth-order valence-electron chi connectivity index (χ4n) is 14.7. The number of aliphatic hydroxyl groups excluding tert-OH is 5. The van der Waals surface area contributed by atoms with Crippen LogP contribution in [0.25, 0.3) is 22.3 Å². The second-order valence-corrected chi connectivity index (χ2v) is 39.1. The molecule has 6 aliphatic rings. The van der Waals surface area contributed by atoms with Crippen LogP contribution in [-0.4, -0.2) is 305 Å². The third kappa shape index (κ3) is 23.3. The van der Waals surface area contributed by atoms with Gasteiger partial charge in [-0.1, -0.05) is 0 Å². The predicted molar refractivity (Wildman–Crippen MR) is 438 cm³/mol. The number of nitrogens with zero attached hydrogens (tertiary/aromatic N) is 14. The number of phosphoric ester groups is 6. The highest BCUT2D eigenvalue weighted by Crippen LogP contribution is 2.57. The SMILES string of the molecule is Cc1cn([C@H]2C[C@H](OP(=O)(O)OC[C@H]3O[C@@H](n4cnc5c(N)ncnc54)[C@H](O)[C@@H]3OP(=O)(O)OC[C@H]3O[C@@H](n4ccc(N)nc4=O)[C@H](O)[C@@H]3O)[C@@H](COP(=O)(O)O[C@H]3[C@@H](O)[C@H](n4ccc(N)nc4=O)O[C@@H]3COP(=O)(O)O[C@H]3[C@@H](O)[C@H](n4cnc5c(N)ncnc54)O[C@@H]3COP(=O)(O)O[C@H]3C[C@H](n4cc(C)c(=O)[nH]c4=O)O[C@@H]3COP(=O)(O)O[C@H](C)[C@H](N)C(=O)NCC(=O)O)O2)c(=O)[nH]c1=O. The number of H-pyrrole nitrogens is 2. The molecule has 746 valence electrons. The number of hydrogen-bond acceptors (Lipinski definition) is 50. The summed E-state index contributed by atoms with van der Waals surface area (Å²) in [6.45, 7) is -5.03. The Bertz CT molecular complexity index is 6490. The molecule has 30 atom stereocenters. The van der Waals surface area contributed by atoms with Gasteiger partial charge in [0.05, 0.1) is 58.4 Å². The molecule has 0 saturated carbocycles. The Morgan fingerprint density at radius 2 is 0.816 bits per heavy atom. The second-order valence-electron chi connectivity index (χ2n) is 30.7. The number of ether oxygens (including phenoxy) is 6. The van der Waals surface area contributed by atoms with Gasteiger partial charge in [-0.25, -0.2) is 76.5 Å². The molecule has 25 N–H and O–H groups in total. The number of amides is 1. The Labute approximate surface area is 755 Å². The van der Waals surface area contributed by atoms with Gasteiger partial charge < -0.3 is 122 Å². The molecular formula is C64H86N22O44P6. The van der Waals surface area contributed by atoms with Crippen molar-refractivity contribution in [3.63, 3.8) is 0 Å². The topological polar surface area (TPSA) is 954 Å². The molecule has 66 nitrogen and oxygen atoms in total. The van der Waals surface area contributed by atoms with E-state index in [4.69, 9.17) is 116 Å². The minimum atomic E-state index is -5.99. The number of nitrogen functional groups attached to an aromatic ring is 4. The van der Waals surface area contributed by atoms with Crippen molar-refractivity contribution in [3.8, 4) is 0 Å². The maximum Gasteiger partial charge on any atom is 0.472 e. The van der Waals surface area contributed by atoms with Gasteiger partial charge in [0.25, 0.3) is 11.1 Å². The second kappa shape index (κ2) is 40.8. The van der Waals surface area contributed by atoms with E-state index in [9.17, 15) is 121 Å². The number of carboxylic acid groups (broad SMARTS) is 1. The van der Waals surface area contributed by atoms with Crippen molar-refractivity contribution in [1.29, 1.82) is 0 Å². The molecule has 0 aromatic carbocycles. The van der Waals surface area contributed by atoms with E-state index in [1.165, 1.54) is 13.8 Å². The number of aromatic amines is 2.